The van der Waals surface area contributed by atoms with Crippen LogP contribution in [0.2, 0.25) is 0 Å². The Morgan fingerprint density at radius 2 is 1.95 bits per heavy atom. The summed E-state index contributed by atoms with van der Waals surface area (Å²) in [4.78, 5) is 22.4. The number of hydrogen-bond donors (Lipinski definition) is 2. The van der Waals surface area contributed by atoms with Crippen LogP contribution in [0.15, 0.2) is 24.3 Å². The maximum absolute atomic E-state index is 11.8. The predicted molar refractivity (Wildman–Crippen MR) is 75.7 cm³/mol. The smallest absolute Gasteiger partial charge is 0.306 e. The van der Waals surface area contributed by atoms with E-state index in [0.717, 1.165) is 0 Å². The Morgan fingerprint density at radius 1 is 1.33 bits per heavy atom. The van der Waals surface area contributed by atoms with Crippen molar-refractivity contribution < 1.29 is 19.4 Å². The van der Waals surface area contributed by atoms with Gasteiger partial charge in [-0.3, -0.25) is 9.59 Å². The lowest BCUT2D eigenvalue weighted by Gasteiger charge is -2.15. The minimum absolute atomic E-state index is 0.285. The molecule has 0 saturated heterocycles. The number of benzene rings is 1. The number of carbonyl (C=O) groups is 2. The molecule has 0 saturated carbocycles. The van der Waals surface area contributed by atoms with E-state index in [0.29, 0.717) is 17.7 Å². The van der Waals surface area contributed by atoms with Gasteiger partial charge in [-0.15, -0.1) is 0 Å². The normalized spacial score (nSPS) is 12.8. The molecule has 0 bridgehead atoms. The Kier molecular flexibility index (Phi) is 6.21. The van der Waals surface area contributed by atoms with Gasteiger partial charge >= 0.3 is 5.97 Å². The number of carbonyl (C=O) groups excluding carboxylic acids is 1. The molecule has 0 aromatic heterocycles. The second kappa shape index (κ2) is 7.90. The van der Waals surface area contributed by atoms with Crippen LogP contribution in [0.5, 0.6) is 5.75 Å². The number of aliphatic carboxylic acids is 1. The fourth-order valence-electron chi connectivity index (χ4n) is 1.54. The first-order chi connectivity index (χ1) is 9.93. The van der Waals surface area contributed by atoms with Gasteiger partial charge in [-0.25, -0.2) is 0 Å². The predicted octanol–water partition coefficient (Wildman–Crippen LogP) is 1.55. The van der Waals surface area contributed by atoms with Gasteiger partial charge in [-0.2, -0.15) is 5.26 Å². The second-order valence-corrected chi connectivity index (χ2v) is 4.72. The molecule has 112 valence electrons. The van der Waals surface area contributed by atoms with Gasteiger partial charge < -0.3 is 15.2 Å². The average Bonchev–Trinajstić information content (AvgIpc) is 2.47. The summed E-state index contributed by atoms with van der Waals surface area (Å²) in [5.41, 5.74) is 0.516. The minimum Gasteiger partial charge on any atom is -0.481 e. The van der Waals surface area contributed by atoms with Crippen molar-refractivity contribution in [2.75, 3.05) is 6.54 Å². The van der Waals surface area contributed by atoms with Crippen molar-refractivity contribution in [1.29, 1.82) is 5.26 Å². The Morgan fingerprint density at radius 3 is 2.48 bits per heavy atom. The van der Waals surface area contributed by atoms with E-state index >= 15 is 0 Å². The second-order valence-electron chi connectivity index (χ2n) is 4.72. The molecule has 0 aliphatic heterocycles. The van der Waals surface area contributed by atoms with Gasteiger partial charge in [0.1, 0.15) is 5.75 Å². The van der Waals surface area contributed by atoms with E-state index in [4.69, 9.17) is 15.1 Å². The molecule has 2 atom stereocenters. The Labute approximate surface area is 123 Å². The number of amides is 1. The van der Waals surface area contributed by atoms with Gasteiger partial charge in [0, 0.05) is 6.54 Å². The van der Waals surface area contributed by atoms with Gasteiger partial charge in [-0.05, 0) is 37.6 Å². The topological polar surface area (TPSA) is 99.4 Å². The molecule has 0 heterocycles. The molecule has 0 fully saturated rings. The monoisotopic (exact) mass is 290 g/mol. The van der Waals surface area contributed by atoms with Gasteiger partial charge in [0.05, 0.1) is 17.6 Å². The maximum Gasteiger partial charge on any atom is 0.306 e. The lowest BCUT2D eigenvalue weighted by atomic mass is 10.1. The van der Waals surface area contributed by atoms with E-state index < -0.39 is 18.0 Å². The third-order valence-corrected chi connectivity index (χ3v) is 2.96. The molecule has 6 nitrogen and oxygen atoms in total. The van der Waals surface area contributed by atoms with Crippen LogP contribution in [-0.2, 0) is 9.59 Å². The molecule has 1 amide bonds. The molecule has 2 unspecified atom stereocenters. The standard InChI is InChI=1S/C15H18N2O4/c1-10(15(19)20)7-8-17-14(18)11(2)21-13-5-3-12(9-16)4-6-13/h3-6,10-11H,7-8H2,1-2H3,(H,17,18)(H,19,20). The summed E-state index contributed by atoms with van der Waals surface area (Å²) in [5.74, 6) is -1.20. The summed E-state index contributed by atoms with van der Waals surface area (Å²) in [5, 5.41) is 20.0. The first-order valence-corrected chi connectivity index (χ1v) is 6.61. The van der Waals surface area contributed by atoms with Crippen LogP contribution in [0.1, 0.15) is 25.8 Å². The van der Waals surface area contributed by atoms with E-state index in [-0.39, 0.29) is 12.5 Å². The molecular weight excluding hydrogens is 272 g/mol. The van der Waals surface area contributed by atoms with Crippen LogP contribution in [0.25, 0.3) is 0 Å². The zero-order chi connectivity index (χ0) is 15.8. The van der Waals surface area contributed by atoms with Crippen molar-refractivity contribution in [3.63, 3.8) is 0 Å². The van der Waals surface area contributed by atoms with Gasteiger partial charge in [0.25, 0.3) is 5.91 Å². The van der Waals surface area contributed by atoms with E-state index in [1.165, 1.54) is 0 Å². The molecule has 21 heavy (non-hydrogen) atoms. The number of nitrogens with zero attached hydrogens (tertiary/aromatic N) is 1. The number of carboxylic acids is 1. The number of nitrogens with one attached hydrogen (secondary N) is 1. The first kappa shape index (κ1) is 16.5. The zero-order valence-corrected chi connectivity index (χ0v) is 12.0. The molecule has 2 N–H and O–H groups in total. The van der Waals surface area contributed by atoms with Crippen LogP contribution in [-0.4, -0.2) is 29.6 Å². The van der Waals surface area contributed by atoms with Crippen LogP contribution < -0.4 is 10.1 Å². The molecule has 0 radical (unpaired) electrons. The molecule has 0 spiro atoms. The van der Waals surface area contributed by atoms with Crippen molar-refractivity contribution in [3.05, 3.63) is 29.8 Å². The SMILES string of the molecule is CC(CCNC(=O)C(C)Oc1ccc(C#N)cc1)C(=O)O. The summed E-state index contributed by atoms with van der Waals surface area (Å²) < 4.78 is 5.44. The Hall–Kier alpha value is -2.55. The minimum atomic E-state index is -0.883. The highest BCUT2D eigenvalue weighted by molar-refractivity contribution is 5.80. The Balaban J connectivity index is 2.40. The third kappa shape index (κ3) is 5.53. The molecule has 0 aliphatic rings. The van der Waals surface area contributed by atoms with Crippen molar-refractivity contribution >= 4 is 11.9 Å². The highest BCUT2D eigenvalue weighted by atomic mass is 16.5. The van der Waals surface area contributed by atoms with Gasteiger partial charge in [-0.1, -0.05) is 6.92 Å². The van der Waals surface area contributed by atoms with E-state index in [2.05, 4.69) is 5.32 Å². The highest BCUT2D eigenvalue weighted by Gasteiger charge is 2.16. The molecule has 1 rings (SSSR count). The number of hydrogen-bond acceptors (Lipinski definition) is 4. The molecule has 6 heteroatoms. The summed E-state index contributed by atoms with van der Waals surface area (Å²) >= 11 is 0. The van der Waals surface area contributed by atoms with Crippen molar-refractivity contribution in [1.82, 2.24) is 5.32 Å². The molecular formula is C15H18N2O4. The fraction of sp³-hybridized carbons (Fsp3) is 0.400. The lowest BCUT2D eigenvalue weighted by molar-refractivity contribution is -0.141. The van der Waals surface area contributed by atoms with Crippen molar-refractivity contribution in [2.24, 2.45) is 5.92 Å². The third-order valence-electron chi connectivity index (χ3n) is 2.96. The van der Waals surface area contributed by atoms with Crippen molar-refractivity contribution in [2.45, 2.75) is 26.4 Å². The average molecular weight is 290 g/mol. The van der Waals surface area contributed by atoms with E-state index in [1.54, 1.807) is 38.1 Å². The number of carboxylic acid groups (broad SMARTS) is 1. The van der Waals surface area contributed by atoms with Crippen LogP contribution in [0, 0.1) is 17.2 Å². The van der Waals surface area contributed by atoms with E-state index in [9.17, 15) is 9.59 Å². The molecule has 1 aromatic carbocycles. The fourth-order valence-corrected chi connectivity index (χ4v) is 1.54. The zero-order valence-electron chi connectivity index (χ0n) is 12.0. The summed E-state index contributed by atoms with van der Waals surface area (Å²) in [7, 11) is 0. The summed E-state index contributed by atoms with van der Waals surface area (Å²) in [6.45, 7) is 3.48. The van der Waals surface area contributed by atoms with Gasteiger partial charge in [0.15, 0.2) is 6.10 Å². The first-order valence-electron chi connectivity index (χ1n) is 6.61. The number of nitriles is 1. The van der Waals surface area contributed by atoms with E-state index in [1.807, 2.05) is 6.07 Å². The summed E-state index contributed by atoms with van der Waals surface area (Å²) in [6.07, 6.45) is -0.330. The molecule has 1 aromatic rings. The molecule has 0 aliphatic carbocycles. The van der Waals surface area contributed by atoms with Crippen molar-refractivity contribution in [3.8, 4) is 11.8 Å². The highest BCUT2D eigenvalue weighted by Crippen LogP contribution is 2.13. The maximum atomic E-state index is 11.8. The van der Waals surface area contributed by atoms with Gasteiger partial charge in [0.2, 0.25) is 0 Å². The van der Waals surface area contributed by atoms with Crippen LogP contribution in [0.3, 0.4) is 0 Å². The quantitative estimate of drug-likeness (QED) is 0.793. The largest absolute Gasteiger partial charge is 0.481 e. The summed E-state index contributed by atoms with van der Waals surface area (Å²) in [6, 6.07) is 8.45. The number of ether oxygens (including phenoxy) is 1. The number of rotatable bonds is 7. The lowest BCUT2D eigenvalue weighted by Crippen LogP contribution is -2.37. The van der Waals surface area contributed by atoms with Crippen LogP contribution >= 0.6 is 0 Å². The van der Waals surface area contributed by atoms with Crippen LogP contribution in [0.4, 0.5) is 0 Å². The Bertz CT molecular complexity index is 534.